The summed E-state index contributed by atoms with van der Waals surface area (Å²) >= 11 is 0. The molecule has 22 heavy (non-hydrogen) atoms. The maximum Gasteiger partial charge on any atom is 0.240 e. The van der Waals surface area contributed by atoms with E-state index in [0.29, 0.717) is 24.8 Å². The Balaban J connectivity index is 1.42. The largest absolute Gasteiger partial charge is 0.339 e. The molecule has 1 aromatic heterocycles. The molecular formula is C14H24N6O2. The Kier molecular flexibility index (Phi) is 5.01. The molecule has 122 valence electrons. The molecule has 0 unspecified atom stereocenters. The first-order valence-corrected chi connectivity index (χ1v) is 7.98. The first kappa shape index (κ1) is 15.4. The van der Waals surface area contributed by atoms with Crippen LogP contribution in [0.2, 0.25) is 0 Å². The van der Waals surface area contributed by atoms with Crippen molar-refractivity contribution in [2.75, 3.05) is 45.8 Å². The summed E-state index contributed by atoms with van der Waals surface area (Å²) in [5.41, 5.74) is 5.46. The highest BCUT2D eigenvalue weighted by Crippen LogP contribution is 2.10. The van der Waals surface area contributed by atoms with Gasteiger partial charge < -0.3 is 15.2 Å². The van der Waals surface area contributed by atoms with Crippen molar-refractivity contribution in [2.24, 2.45) is 5.73 Å². The van der Waals surface area contributed by atoms with E-state index in [1.54, 1.807) is 0 Å². The molecule has 0 spiro atoms. The summed E-state index contributed by atoms with van der Waals surface area (Å²) < 4.78 is 5.01. The molecule has 3 rings (SSSR count). The van der Waals surface area contributed by atoms with Gasteiger partial charge in [0.25, 0.3) is 0 Å². The number of likely N-dealkylation sites (tertiary alicyclic amines) is 1. The summed E-state index contributed by atoms with van der Waals surface area (Å²) in [5.74, 6) is 1.39. The van der Waals surface area contributed by atoms with Crippen LogP contribution in [0.25, 0.3) is 0 Å². The van der Waals surface area contributed by atoms with Crippen LogP contribution in [0.3, 0.4) is 0 Å². The first-order valence-electron chi connectivity index (χ1n) is 7.98. The van der Waals surface area contributed by atoms with Gasteiger partial charge in [0.15, 0.2) is 5.82 Å². The molecule has 1 aromatic rings. The molecule has 0 bridgehead atoms. The Hall–Kier alpha value is -1.51. The van der Waals surface area contributed by atoms with Crippen molar-refractivity contribution in [3.05, 3.63) is 11.7 Å². The standard InChI is InChI=1S/C14H24N6O2/c15-9-13-16-12(17-22-13)10-19-5-7-20(8-6-19)14(21)11-18-3-1-2-4-18/h1-11,15H2. The summed E-state index contributed by atoms with van der Waals surface area (Å²) in [6, 6.07) is 0. The highest BCUT2D eigenvalue weighted by atomic mass is 16.5. The Morgan fingerprint density at radius 3 is 2.45 bits per heavy atom. The zero-order valence-electron chi connectivity index (χ0n) is 12.9. The maximum atomic E-state index is 12.3. The number of hydrogen-bond donors (Lipinski definition) is 1. The third kappa shape index (κ3) is 3.82. The van der Waals surface area contributed by atoms with Crippen molar-refractivity contribution in [2.45, 2.75) is 25.9 Å². The maximum absolute atomic E-state index is 12.3. The second kappa shape index (κ2) is 7.17. The molecule has 0 aliphatic carbocycles. The Labute approximate surface area is 130 Å². The van der Waals surface area contributed by atoms with Crippen LogP contribution in [-0.4, -0.2) is 76.6 Å². The second-order valence-electron chi connectivity index (χ2n) is 5.95. The van der Waals surface area contributed by atoms with E-state index >= 15 is 0 Å². The van der Waals surface area contributed by atoms with Gasteiger partial charge in [-0.05, 0) is 25.9 Å². The number of nitrogens with two attached hydrogens (primary N) is 1. The number of carbonyl (C=O) groups excluding carboxylic acids is 1. The fourth-order valence-electron chi connectivity index (χ4n) is 3.02. The normalized spacial score (nSPS) is 20.7. The number of nitrogens with zero attached hydrogens (tertiary/aromatic N) is 5. The van der Waals surface area contributed by atoms with Gasteiger partial charge in [-0.1, -0.05) is 5.16 Å². The molecule has 3 heterocycles. The lowest BCUT2D eigenvalue weighted by Gasteiger charge is -2.34. The summed E-state index contributed by atoms with van der Waals surface area (Å²) in [5, 5.41) is 3.91. The SMILES string of the molecule is NCc1nc(CN2CCN(C(=O)CN3CCCC3)CC2)no1. The van der Waals surface area contributed by atoms with Crippen molar-refractivity contribution in [3.63, 3.8) is 0 Å². The van der Waals surface area contributed by atoms with Gasteiger partial charge in [-0.25, -0.2) is 0 Å². The summed E-state index contributed by atoms with van der Waals surface area (Å²) in [6.07, 6.45) is 2.44. The summed E-state index contributed by atoms with van der Waals surface area (Å²) in [6.45, 7) is 6.85. The first-order chi connectivity index (χ1) is 10.7. The number of hydrogen-bond acceptors (Lipinski definition) is 7. The Morgan fingerprint density at radius 2 is 1.82 bits per heavy atom. The summed E-state index contributed by atoms with van der Waals surface area (Å²) in [7, 11) is 0. The fraction of sp³-hybridized carbons (Fsp3) is 0.786. The van der Waals surface area contributed by atoms with Gasteiger partial charge in [0, 0.05) is 26.2 Å². The zero-order chi connectivity index (χ0) is 15.4. The lowest BCUT2D eigenvalue weighted by atomic mass is 10.3. The van der Waals surface area contributed by atoms with Crippen molar-refractivity contribution < 1.29 is 9.32 Å². The van der Waals surface area contributed by atoms with E-state index < -0.39 is 0 Å². The van der Waals surface area contributed by atoms with E-state index in [9.17, 15) is 4.79 Å². The molecular weight excluding hydrogens is 284 g/mol. The van der Waals surface area contributed by atoms with E-state index in [1.165, 1.54) is 12.8 Å². The van der Waals surface area contributed by atoms with Crippen molar-refractivity contribution in [3.8, 4) is 0 Å². The van der Waals surface area contributed by atoms with Crippen LogP contribution in [-0.2, 0) is 17.9 Å². The third-order valence-corrected chi connectivity index (χ3v) is 4.33. The van der Waals surface area contributed by atoms with Gasteiger partial charge in [-0.3, -0.25) is 14.6 Å². The van der Waals surface area contributed by atoms with Gasteiger partial charge in [0.05, 0.1) is 19.6 Å². The fourth-order valence-corrected chi connectivity index (χ4v) is 3.02. The van der Waals surface area contributed by atoms with E-state index in [1.807, 2.05) is 4.90 Å². The molecule has 2 N–H and O–H groups in total. The molecule has 0 saturated carbocycles. The average molecular weight is 308 g/mol. The van der Waals surface area contributed by atoms with Crippen LogP contribution in [0.5, 0.6) is 0 Å². The highest BCUT2D eigenvalue weighted by Gasteiger charge is 2.24. The van der Waals surface area contributed by atoms with Crippen LogP contribution in [0.15, 0.2) is 4.52 Å². The number of rotatable bonds is 5. The van der Waals surface area contributed by atoms with Crippen LogP contribution in [0, 0.1) is 0 Å². The van der Waals surface area contributed by atoms with Crippen LogP contribution in [0.4, 0.5) is 0 Å². The molecule has 1 amide bonds. The lowest BCUT2D eigenvalue weighted by molar-refractivity contribution is -0.134. The van der Waals surface area contributed by atoms with Crippen molar-refractivity contribution in [1.29, 1.82) is 0 Å². The van der Waals surface area contributed by atoms with Gasteiger partial charge in [-0.15, -0.1) is 0 Å². The highest BCUT2D eigenvalue weighted by molar-refractivity contribution is 5.78. The minimum absolute atomic E-state index is 0.256. The van der Waals surface area contributed by atoms with Gasteiger partial charge in [0.2, 0.25) is 11.8 Å². The molecule has 2 aliphatic heterocycles. The van der Waals surface area contributed by atoms with Gasteiger partial charge >= 0.3 is 0 Å². The molecule has 0 aromatic carbocycles. The topological polar surface area (TPSA) is 91.7 Å². The molecule has 2 aliphatic rings. The molecule has 8 heteroatoms. The van der Waals surface area contributed by atoms with Crippen molar-refractivity contribution >= 4 is 5.91 Å². The predicted molar refractivity (Wildman–Crippen MR) is 79.7 cm³/mol. The Bertz CT molecular complexity index is 491. The number of carbonyl (C=O) groups is 1. The van der Waals surface area contributed by atoms with E-state index in [2.05, 4.69) is 19.9 Å². The second-order valence-corrected chi connectivity index (χ2v) is 5.95. The quantitative estimate of drug-likeness (QED) is 0.766. The zero-order valence-corrected chi connectivity index (χ0v) is 12.9. The monoisotopic (exact) mass is 308 g/mol. The van der Waals surface area contributed by atoms with Gasteiger partial charge in [0.1, 0.15) is 0 Å². The number of aromatic nitrogens is 2. The van der Waals surface area contributed by atoms with Crippen LogP contribution in [0.1, 0.15) is 24.6 Å². The molecule has 0 atom stereocenters. The van der Waals surface area contributed by atoms with Gasteiger partial charge in [-0.2, -0.15) is 4.98 Å². The molecule has 2 fully saturated rings. The minimum atomic E-state index is 0.256. The summed E-state index contributed by atoms with van der Waals surface area (Å²) in [4.78, 5) is 22.9. The number of amides is 1. The van der Waals surface area contributed by atoms with Crippen molar-refractivity contribution in [1.82, 2.24) is 24.8 Å². The number of piperazine rings is 1. The molecule has 0 radical (unpaired) electrons. The van der Waals surface area contributed by atoms with Crippen LogP contribution >= 0.6 is 0 Å². The third-order valence-electron chi connectivity index (χ3n) is 4.33. The Morgan fingerprint density at radius 1 is 1.09 bits per heavy atom. The molecule has 8 nitrogen and oxygen atoms in total. The lowest BCUT2D eigenvalue weighted by Crippen LogP contribution is -2.50. The predicted octanol–water partition coefficient (Wildman–Crippen LogP) is -0.732. The smallest absolute Gasteiger partial charge is 0.240 e. The van der Waals surface area contributed by atoms with E-state index in [-0.39, 0.29) is 12.5 Å². The minimum Gasteiger partial charge on any atom is -0.339 e. The molecule has 2 saturated heterocycles. The van der Waals surface area contributed by atoms with E-state index in [0.717, 1.165) is 39.3 Å². The van der Waals surface area contributed by atoms with E-state index in [4.69, 9.17) is 10.3 Å². The average Bonchev–Trinajstić information content (AvgIpc) is 3.19. The van der Waals surface area contributed by atoms with Crippen LogP contribution < -0.4 is 5.73 Å².